The van der Waals surface area contributed by atoms with Gasteiger partial charge < -0.3 is 10.6 Å². The van der Waals surface area contributed by atoms with Crippen molar-refractivity contribution in [2.24, 2.45) is 5.73 Å². The number of hydrogen-bond donors (Lipinski definition) is 1. The quantitative estimate of drug-likeness (QED) is 0.780. The maximum atomic E-state index is 12.0. The van der Waals surface area contributed by atoms with Crippen molar-refractivity contribution >= 4 is 11.6 Å². The molecule has 0 aromatic heterocycles. The highest BCUT2D eigenvalue weighted by molar-refractivity contribution is 5.97. The van der Waals surface area contributed by atoms with Gasteiger partial charge in [-0.15, -0.1) is 0 Å². The maximum Gasteiger partial charge on any atom is 0.243 e. The SMILES string of the molecule is C[C@H](N)C(=O)N1CCCCc2ccccc21. The molecule has 0 radical (unpaired) electrons. The monoisotopic (exact) mass is 218 g/mol. The fourth-order valence-electron chi connectivity index (χ4n) is 2.17. The van der Waals surface area contributed by atoms with Gasteiger partial charge in [-0.2, -0.15) is 0 Å². The van der Waals surface area contributed by atoms with Gasteiger partial charge >= 0.3 is 0 Å². The van der Waals surface area contributed by atoms with Crippen LogP contribution in [-0.4, -0.2) is 18.5 Å². The van der Waals surface area contributed by atoms with Crippen molar-refractivity contribution in [3.63, 3.8) is 0 Å². The summed E-state index contributed by atoms with van der Waals surface area (Å²) in [5.74, 6) is 0.0225. The van der Waals surface area contributed by atoms with Gasteiger partial charge in [0.15, 0.2) is 0 Å². The Morgan fingerprint density at radius 1 is 1.38 bits per heavy atom. The van der Waals surface area contributed by atoms with Crippen molar-refractivity contribution in [2.75, 3.05) is 11.4 Å². The molecule has 0 saturated carbocycles. The Labute approximate surface area is 96.2 Å². The van der Waals surface area contributed by atoms with Crippen molar-refractivity contribution in [1.29, 1.82) is 0 Å². The second-order valence-electron chi connectivity index (χ2n) is 4.36. The van der Waals surface area contributed by atoms with E-state index in [1.54, 1.807) is 6.92 Å². The van der Waals surface area contributed by atoms with Gasteiger partial charge in [-0.25, -0.2) is 0 Å². The molecule has 1 heterocycles. The molecule has 3 heteroatoms. The topological polar surface area (TPSA) is 46.3 Å². The van der Waals surface area contributed by atoms with Crippen LogP contribution in [-0.2, 0) is 11.2 Å². The molecular weight excluding hydrogens is 200 g/mol. The number of carbonyl (C=O) groups is 1. The van der Waals surface area contributed by atoms with E-state index in [2.05, 4.69) is 6.07 Å². The van der Waals surface area contributed by atoms with E-state index in [4.69, 9.17) is 5.73 Å². The highest BCUT2D eigenvalue weighted by atomic mass is 16.2. The minimum absolute atomic E-state index is 0.0225. The summed E-state index contributed by atoms with van der Waals surface area (Å²) in [6.07, 6.45) is 3.24. The van der Waals surface area contributed by atoms with Crippen LogP contribution in [0.15, 0.2) is 24.3 Å². The van der Waals surface area contributed by atoms with Crippen molar-refractivity contribution in [2.45, 2.75) is 32.2 Å². The van der Waals surface area contributed by atoms with Gasteiger partial charge in [0.05, 0.1) is 6.04 Å². The van der Waals surface area contributed by atoms with Gasteiger partial charge in [0.2, 0.25) is 5.91 Å². The van der Waals surface area contributed by atoms with Crippen LogP contribution in [0.5, 0.6) is 0 Å². The summed E-state index contributed by atoms with van der Waals surface area (Å²) in [4.78, 5) is 13.9. The van der Waals surface area contributed by atoms with Crippen LogP contribution in [0.1, 0.15) is 25.3 Å². The minimum Gasteiger partial charge on any atom is -0.320 e. The number of hydrogen-bond acceptors (Lipinski definition) is 2. The summed E-state index contributed by atoms with van der Waals surface area (Å²) in [7, 11) is 0. The van der Waals surface area contributed by atoms with E-state index in [0.717, 1.165) is 31.5 Å². The number of nitrogens with two attached hydrogens (primary N) is 1. The molecule has 0 unspecified atom stereocenters. The summed E-state index contributed by atoms with van der Waals surface area (Å²) in [6.45, 7) is 2.53. The van der Waals surface area contributed by atoms with E-state index >= 15 is 0 Å². The van der Waals surface area contributed by atoms with Gasteiger partial charge in [-0.05, 0) is 37.8 Å². The number of benzene rings is 1. The Kier molecular flexibility index (Phi) is 3.25. The Balaban J connectivity index is 2.36. The van der Waals surface area contributed by atoms with Crippen molar-refractivity contribution in [3.8, 4) is 0 Å². The average Bonchev–Trinajstić information content (AvgIpc) is 2.50. The average molecular weight is 218 g/mol. The number of para-hydroxylation sites is 1. The van der Waals surface area contributed by atoms with Gasteiger partial charge in [-0.3, -0.25) is 4.79 Å². The van der Waals surface area contributed by atoms with Gasteiger partial charge in [0.1, 0.15) is 0 Å². The van der Waals surface area contributed by atoms with E-state index in [0.29, 0.717) is 0 Å². The first-order valence-corrected chi connectivity index (χ1v) is 5.85. The molecule has 1 aromatic rings. The summed E-state index contributed by atoms with van der Waals surface area (Å²) >= 11 is 0. The van der Waals surface area contributed by atoms with Gasteiger partial charge in [-0.1, -0.05) is 18.2 Å². The third kappa shape index (κ3) is 2.09. The predicted octanol–water partition coefficient (Wildman–Crippen LogP) is 1.70. The number of aryl methyl sites for hydroxylation is 1. The Hall–Kier alpha value is -1.35. The molecule has 0 fully saturated rings. The number of anilines is 1. The van der Waals surface area contributed by atoms with Crippen LogP contribution in [0, 0.1) is 0 Å². The second-order valence-corrected chi connectivity index (χ2v) is 4.36. The lowest BCUT2D eigenvalue weighted by Crippen LogP contribution is -2.42. The largest absolute Gasteiger partial charge is 0.320 e. The van der Waals surface area contributed by atoms with Crippen LogP contribution >= 0.6 is 0 Å². The maximum absolute atomic E-state index is 12.0. The van der Waals surface area contributed by atoms with Crippen molar-refractivity contribution < 1.29 is 4.79 Å². The summed E-state index contributed by atoms with van der Waals surface area (Å²) in [5, 5.41) is 0. The third-order valence-corrected chi connectivity index (χ3v) is 3.02. The Bertz CT molecular complexity index is 387. The number of carbonyl (C=O) groups excluding carboxylic acids is 1. The smallest absolute Gasteiger partial charge is 0.243 e. The van der Waals surface area contributed by atoms with E-state index in [1.807, 2.05) is 23.1 Å². The zero-order valence-corrected chi connectivity index (χ0v) is 9.65. The number of fused-ring (bicyclic) bond motifs is 1. The molecule has 0 aliphatic carbocycles. The predicted molar refractivity (Wildman–Crippen MR) is 65.4 cm³/mol. The second kappa shape index (κ2) is 4.66. The van der Waals surface area contributed by atoms with Crippen LogP contribution in [0.3, 0.4) is 0 Å². The number of amides is 1. The first-order valence-electron chi connectivity index (χ1n) is 5.85. The first kappa shape index (κ1) is 11.1. The first-order chi connectivity index (χ1) is 7.70. The fourth-order valence-corrected chi connectivity index (χ4v) is 2.17. The molecule has 3 nitrogen and oxygen atoms in total. The molecular formula is C13H18N2O. The summed E-state index contributed by atoms with van der Waals surface area (Å²) < 4.78 is 0. The zero-order chi connectivity index (χ0) is 11.5. The van der Waals surface area contributed by atoms with Crippen molar-refractivity contribution in [3.05, 3.63) is 29.8 Å². The van der Waals surface area contributed by atoms with Crippen LogP contribution in [0.25, 0.3) is 0 Å². The molecule has 0 spiro atoms. The number of rotatable bonds is 1. The number of nitrogens with zero attached hydrogens (tertiary/aromatic N) is 1. The molecule has 16 heavy (non-hydrogen) atoms. The van der Waals surface area contributed by atoms with E-state index < -0.39 is 6.04 Å². The molecule has 1 atom stereocenters. The highest BCUT2D eigenvalue weighted by Gasteiger charge is 2.22. The van der Waals surface area contributed by atoms with Crippen LogP contribution in [0.4, 0.5) is 5.69 Å². The molecule has 2 N–H and O–H groups in total. The van der Waals surface area contributed by atoms with Gasteiger partial charge in [0.25, 0.3) is 0 Å². The van der Waals surface area contributed by atoms with E-state index in [9.17, 15) is 4.79 Å². The summed E-state index contributed by atoms with van der Waals surface area (Å²) in [6, 6.07) is 7.69. The lowest BCUT2D eigenvalue weighted by molar-refractivity contribution is -0.119. The molecule has 0 bridgehead atoms. The lowest BCUT2D eigenvalue weighted by Gasteiger charge is -2.24. The molecule has 0 saturated heterocycles. The van der Waals surface area contributed by atoms with Crippen LogP contribution in [0.2, 0.25) is 0 Å². The molecule has 1 aliphatic rings. The Morgan fingerprint density at radius 2 is 2.12 bits per heavy atom. The minimum atomic E-state index is -0.425. The lowest BCUT2D eigenvalue weighted by atomic mass is 10.1. The summed E-state index contributed by atoms with van der Waals surface area (Å²) in [5.41, 5.74) is 7.99. The zero-order valence-electron chi connectivity index (χ0n) is 9.65. The molecule has 1 amide bonds. The van der Waals surface area contributed by atoms with E-state index in [1.165, 1.54) is 5.56 Å². The van der Waals surface area contributed by atoms with Gasteiger partial charge in [0, 0.05) is 12.2 Å². The van der Waals surface area contributed by atoms with Crippen LogP contribution < -0.4 is 10.6 Å². The standard InChI is InChI=1S/C13H18N2O/c1-10(14)13(16)15-9-5-4-7-11-6-2-3-8-12(11)15/h2-3,6,8,10H,4-5,7,9,14H2,1H3/t10-/m0/s1. The Morgan fingerprint density at radius 3 is 2.88 bits per heavy atom. The van der Waals surface area contributed by atoms with Crippen molar-refractivity contribution in [1.82, 2.24) is 0 Å². The molecule has 86 valence electrons. The third-order valence-electron chi connectivity index (χ3n) is 3.02. The molecule has 1 aliphatic heterocycles. The fraction of sp³-hybridized carbons (Fsp3) is 0.462. The normalized spacial score (nSPS) is 17.5. The highest BCUT2D eigenvalue weighted by Crippen LogP contribution is 2.26. The molecule has 1 aromatic carbocycles. The molecule has 2 rings (SSSR count). The van der Waals surface area contributed by atoms with E-state index in [-0.39, 0.29) is 5.91 Å².